The molecule has 0 fully saturated rings. The molecule has 2 aromatic heterocycles. The van der Waals surface area contributed by atoms with Crippen LogP contribution in [0.2, 0.25) is 0 Å². The van der Waals surface area contributed by atoms with Crippen molar-refractivity contribution in [2.24, 2.45) is 0 Å². The first-order valence-electron chi connectivity index (χ1n) is 7.07. The van der Waals surface area contributed by atoms with Gasteiger partial charge in [-0.25, -0.2) is 9.55 Å². The van der Waals surface area contributed by atoms with E-state index in [9.17, 15) is 0 Å². The molecule has 0 radical (unpaired) electrons. The number of hydrogen-bond acceptors (Lipinski definition) is 2. The summed E-state index contributed by atoms with van der Waals surface area (Å²) in [5.41, 5.74) is 4.07. The van der Waals surface area contributed by atoms with Crippen LogP contribution in [-0.2, 0) is 6.54 Å². The van der Waals surface area contributed by atoms with E-state index in [1.54, 1.807) is 0 Å². The highest BCUT2D eigenvalue weighted by molar-refractivity contribution is 5.76. The van der Waals surface area contributed by atoms with E-state index in [4.69, 9.17) is 4.42 Å². The maximum absolute atomic E-state index is 5.86. The maximum Gasteiger partial charge on any atom is 0.233 e. The molecule has 21 heavy (non-hydrogen) atoms. The van der Waals surface area contributed by atoms with Crippen LogP contribution >= 0.6 is 0 Å². The molecule has 0 spiro atoms. The molecular formula is C17H19IN2O. The molecule has 0 atom stereocenters. The third-order valence-electron chi connectivity index (χ3n) is 3.55. The van der Waals surface area contributed by atoms with Gasteiger partial charge in [0.05, 0.1) is 0 Å². The van der Waals surface area contributed by atoms with Gasteiger partial charge >= 0.3 is 0 Å². The zero-order valence-electron chi connectivity index (χ0n) is 12.5. The second kappa shape index (κ2) is 6.56. The number of rotatable bonds is 3. The van der Waals surface area contributed by atoms with E-state index in [0.29, 0.717) is 11.8 Å². The van der Waals surface area contributed by atoms with Crippen LogP contribution in [0.1, 0.15) is 32.3 Å². The van der Waals surface area contributed by atoms with Crippen LogP contribution in [0, 0.1) is 0 Å². The molecule has 0 aliphatic rings. The summed E-state index contributed by atoms with van der Waals surface area (Å²) < 4.78 is 7.98. The van der Waals surface area contributed by atoms with E-state index in [0.717, 1.165) is 23.2 Å². The Kier molecular flexibility index (Phi) is 4.98. The van der Waals surface area contributed by atoms with Crippen molar-refractivity contribution in [3.05, 3.63) is 48.3 Å². The molecule has 2 heterocycles. The molecule has 1 aromatic carbocycles. The van der Waals surface area contributed by atoms with Crippen LogP contribution in [0.15, 0.2) is 47.1 Å². The molecule has 0 unspecified atom stereocenters. The normalized spacial score (nSPS) is 10.9. The molecule has 0 N–H and O–H groups in total. The Morgan fingerprint density at radius 1 is 1.24 bits per heavy atom. The molecule has 3 rings (SSSR count). The van der Waals surface area contributed by atoms with Gasteiger partial charge in [-0.05, 0) is 36.6 Å². The molecule has 0 saturated carbocycles. The Bertz CT molecular complexity index is 749. The number of nitrogens with zero attached hydrogens (tertiary/aromatic N) is 2. The zero-order chi connectivity index (χ0) is 14.1. The quantitative estimate of drug-likeness (QED) is 0.489. The number of aromatic nitrogens is 2. The predicted octanol–water partition coefficient (Wildman–Crippen LogP) is 0.930. The standard InChI is InChI=1S/C17H19N2O.HI/c1-4-19-9-5-6-14(11-19)17-18-15-10-13(12(2)3)7-8-16(15)20-17;/h5-12H,4H2,1-3H3;1H/q+1;/p-1. The first-order valence-corrected chi connectivity index (χ1v) is 7.07. The van der Waals surface area contributed by atoms with E-state index >= 15 is 0 Å². The van der Waals surface area contributed by atoms with Crippen molar-refractivity contribution in [3.8, 4) is 11.5 Å². The predicted molar refractivity (Wildman–Crippen MR) is 79.4 cm³/mol. The summed E-state index contributed by atoms with van der Waals surface area (Å²) in [4.78, 5) is 4.62. The molecule has 3 nitrogen and oxygen atoms in total. The van der Waals surface area contributed by atoms with E-state index in [-0.39, 0.29) is 24.0 Å². The van der Waals surface area contributed by atoms with Crippen LogP contribution in [-0.4, -0.2) is 4.98 Å². The van der Waals surface area contributed by atoms with Gasteiger partial charge in [-0.1, -0.05) is 19.9 Å². The van der Waals surface area contributed by atoms with Crippen LogP contribution in [0.3, 0.4) is 0 Å². The Hall–Kier alpha value is -1.43. The average Bonchev–Trinajstić information content (AvgIpc) is 2.90. The van der Waals surface area contributed by atoms with Gasteiger partial charge in [0.1, 0.15) is 17.6 Å². The smallest absolute Gasteiger partial charge is 0.233 e. The van der Waals surface area contributed by atoms with Crippen LogP contribution < -0.4 is 28.5 Å². The van der Waals surface area contributed by atoms with E-state index in [1.165, 1.54) is 5.56 Å². The largest absolute Gasteiger partial charge is 1.00 e. The minimum atomic E-state index is 0. The SMILES string of the molecule is CC[n+]1cccc(-c2nc3cc(C(C)C)ccc3o2)c1.[I-]. The second-order valence-corrected chi connectivity index (χ2v) is 5.32. The number of hydrogen-bond donors (Lipinski definition) is 0. The molecule has 110 valence electrons. The number of halogens is 1. The van der Waals surface area contributed by atoms with Gasteiger partial charge in [-0.2, -0.15) is 0 Å². The monoisotopic (exact) mass is 394 g/mol. The lowest BCUT2D eigenvalue weighted by Gasteiger charge is -2.02. The van der Waals surface area contributed by atoms with Gasteiger partial charge in [0, 0.05) is 6.07 Å². The summed E-state index contributed by atoms with van der Waals surface area (Å²) >= 11 is 0. The molecule has 0 aliphatic heterocycles. The number of fused-ring (bicyclic) bond motifs is 1. The van der Waals surface area contributed by atoms with E-state index in [2.05, 4.69) is 48.7 Å². The highest BCUT2D eigenvalue weighted by atomic mass is 127. The first-order chi connectivity index (χ1) is 9.67. The lowest BCUT2D eigenvalue weighted by atomic mass is 10.0. The molecule has 0 bridgehead atoms. The van der Waals surface area contributed by atoms with Crippen molar-refractivity contribution < 1.29 is 33.0 Å². The van der Waals surface area contributed by atoms with Gasteiger partial charge in [0.15, 0.2) is 18.0 Å². The topological polar surface area (TPSA) is 29.9 Å². The third-order valence-corrected chi connectivity index (χ3v) is 3.55. The molecule has 3 aromatic rings. The third kappa shape index (κ3) is 3.26. The van der Waals surface area contributed by atoms with Gasteiger partial charge in [0.25, 0.3) is 0 Å². The van der Waals surface area contributed by atoms with Crippen molar-refractivity contribution in [1.29, 1.82) is 0 Å². The first kappa shape index (κ1) is 15.9. The van der Waals surface area contributed by atoms with Gasteiger partial charge in [-0.3, -0.25) is 0 Å². The summed E-state index contributed by atoms with van der Waals surface area (Å²) in [6, 6.07) is 10.3. The van der Waals surface area contributed by atoms with E-state index in [1.807, 2.05) is 24.4 Å². The van der Waals surface area contributed by atoms with E-state index < -0.39 is 0 Å². The average molecular weight is 394 g/mol. The number of benzene rings is 1. The Morgan fingerprint density at radius 2 is 2.05 bits per heavy atom. The highest BCUT2D eigenvalue weighted by Gasteiger charge is 2.12. The fraction of sp³-hybridized carbons (Fsp3) is 0.294. The Morgan fingerprint density at radius 3 is 2.76 bits per heavy atom. The fourth-order valence-electron chi connectivity index (χ4n) is 2.27. The summed E-state index contributed by atoms with van der Waals surface area (Å²) in [7, 11) is 0. The Labute approximate surface area is 142 Å². The molecule has 4 heteroatoms. The van der Waals surface area contributed by atoms with Crippen LogP contribution in [0.5, 0.6) is 0 Å². The van der Waals surface area contributed by atoms with Crippen molar-refractivity contribution in [1.82, 2.24) is 4.98 Å². The number of oxazole rings is 1. The van der Waals surface area contributed by atoms with Crippen molar-refractivity contribution >= 4 is 11.1 Å². The Balaban J connectivity index is 0.00000161. The van der Waals surface area contributed by atoms with Gasteiger partial charge in [-0.15, -0.1) is 0 Å². The maximum atomic E-state index is 5.86. The lowest BCUT2D eigenvalue weighted by Crippen LogP contribution is -3.00. The number of aryl methyl sites for hydroxylation is 1. The minimum absolute atomic E-state index is 0. The zero-order valence-corrected chi connectivity index (χ0v) is 14.7. The second-order valence-electron chi connectivity index (χ2n) is 5.32. The number of pyridine rings is 1. The molecule has 0 amide bonds. The highest BCUT2D eigenvalue weighted by Crippen LogP contribution is 2.26. The molecular weight excluding hydrogens is 375 g/mol. The summed E-state index contributed by atoms with van der Waals surface area (Å²) in [5.74, 6) is 1.18. The molecule has 0 aliphatic carbocycles. The summed E-state index contributed by atoms with van der Waals surface area (Å²) in [5, 5.41) is 0. The van der Waals surface area contributed by atoms with Crippen molar-refractivity contribution in [2.75, 3.05) is 0 Å². The van der Waals surface area contributed by atoms with Crippen LogP contribution in [0.25, 0.3) is 22.6 Å². The van der Waals surface area contributed by atoms with Crippen molar-refractivity contribution in [3.63, 3.8) is 0 Å². The van der Waals surface area contributed by atoms with Gasteiger partial charge in [0.2, 0.25) is 5.89 Å². The van der Waals surface area contributed by atoms with Gasteiger partial charge < -0.3 is 28.4 Å². The van der Waals surface area contributed by atoms with Crippen molar-refractivity contribution in [2.45, 2.75) is 33.2 Å². The minimum Gasteiger partial charge on any atom is -1.00 e. The fourth-order valence-corrected chi connectivity index (χ4v) is 2.27. The summed E-state index contributed by atoms with van der Waals surface area (Å²) in [6.45, 7) is 7.42. The van der Waals surface area contributed by atoms with Crippen LogP contribution in [0.4, 0.5) is 0 Å². The lowest BCUT2D eigenvalue weighted by molar-refractivity contribution is -0.693. The summed E-state index contributed by atoms with van der Waals surface area (Å²) in [6.07, 6.45) is 4.11. The molecule has 0 saturated heterocycles.